The van der Waals surface area contributed by atoms with E-state index in [1.165, 1.54) is 16.6 Å². The van der Waals surface area contributed by atoms with Crippen LogP contribution in [0, 0.1) is 5.92 Å². The number of halogens is 3. The summed E-state index contributed by atoms with van der Waals surface area (Å²) in [6.07, 6.45) is -2.82. The lowest BCUT2D eigenvalue weighted by atomic mass is 9.99. The van der Waals surface area contributed by atoms with E-state index in [1.807, 2.05) is 0 Å². The highest BCUT2D eigenvalue weighted by Gasteiger charge is 2.48. The van der Waals surface area contributed by atoms with Crippen LogP contribution >= 0.6 is 11.3 Å². The first-order chi connectivity index (χ1) is 6.98. The first-order valence-electron chi connectivity index (χ1n) is 4.23. The van der Waals surface area contributed by atoms with Crippen LogP contribution in [0.15, 0.2) is 11.7 Å². The molecule has 1 saturated heterocycles. The summed E-state index contributed by atoms with van der Waals surface area (Å²) < 4.78 is 36.4. The maximum absolute atomic E-state index is 12.1. The molecule has 0 atom stereocenters. The number of carbonyl (C=O) groups excluding carboxylic acids is 1. The van der Waals surface area contributed by atoms with E-state index in [0.29, 0.717) is 4.88 Å². The Morgan fingerprint density at radius 1 is 1.53 bits per heavy atom. The monoisotopic (exact) mass is 236 g/mol. The van der Waals surface area contributed by atoms with E-state index in [0.717, 1.165) is 11.3 Å². The molecular formula is C8H7F3N2OS. The maximum atomic E-state index is 12.1. The number of amides is 1. The van der Waals surface area contributed by atoms with Gasteiger partial charge in [0, 0.05) is 13.1 Å². The molecule has 7 heteroatoms. The van der Waals surface area contributed by atoms with Crippen molar-refractivity contribution in [3.63, 3.8) is 0 Å². The number of rotatable bonds is 1. The Morgan fingerprint density at radius 2 is 2.20 bits per heavy atom. The highest BCUT2D eigenvalue weighted by Crippen LogP contribution is 2.34. The minimum Gasteiger partial charge on any atom is -0.337 e. The third-order valence-electron chi connectivity index (χ3n) is 2.27. The predicted molar refractivity (Wildman–Crippen MR) is 47.6 cm³/mol. The Morgan fingerprint density at radius 3 is 2.67 bits per heavy atom. The molecule has 0 N–H and O–H groups in total. The molecule has 1 aromatic rings. The summed E-state index contributed by atoms with van der Waals surface area (Å²) in [5.74, 6) is -1.73. The van der Waals surface area contributed by atoms with E-state index in [2.05, 4.69) is 4.98 Å². The maximum Gasteiger partial charge on any atom is 0.395 e. The summed E-state index contributed by atoms with van der Waals surface area (Å²) in [6, 6.07) is 0. The van der Waals surface area contributed by atoms with Crippen LogP contribution in [0.5, 0.6) is 0 Å². The van der Waals surface area contributed by atoms with Crippen LogP contribution in [-0.4, -0.2) is 35.1 Å². The molecule has 0 aliphatic carbocycles. The lowest BCUT2D eigenvalue weighted by Gasteiger charge is -2.39. The second-order valence-corrected chi connectivity index (χ2v) is 4.20. The van der Waals surface area contributed by atoms with Gasteiger partial charge in [-0.05, 0) is 0 Å². The summed E-state index contributed by atoms with van der Waals surface area (Å²) in [5.41, 5.74) is 1.48. The second kappa shape index (κ2) is 3.48. The van der Waals surface area contributed by atoms with Gasteiger partial charge in [-0.1, -0.05) is 0 Å². The molecule has 0 unspecified atom stereocenters. The van der Waals surface area contributed by atoms with Crippen molar-refractivity contribution in [1.82, 2.24) is 9.88 Å². The Hall–Kier alpha value is -1.11. The summed E-state index contributed by atoms with van der Waals surface area (Å²) in [5, 5.41) is 0. The molecule has 1 aliphatic rings. The highest BCUT2D eigenvalue weighted by atomic mass is 32.1. The average molecular weight is 236 g/mol. The van der Waals surface area contributed by atoms with Crippen molar-refractivity contribution in [3.8, 4) is 0 Å². The number of hydrogen-bond donors (Lipinski definition) is 0. The molecular weight excluding hydrogens is 229 g/mol. The number of thiazole rings is 1. The summed E-state index contributed by atoms with van der Waals surface area (Å²) in [4.78, 5) is 16.8. The van der Waals surface area contributed by atoms with Crippen molar-refractivity contribution < 1.29 is 18.0 Å². The molecule has 82 valence electrons. The fraction of sp³-hybridized carbons (Fsp3) is 0.500. The predicted octanol–water partition coefficient (Wildman–Crippen LogP) is 1.78. The highest BCUT2D eigenvalue weighted by molar-refractivity contribution is 7.11. The molecule has 1 amide bonds. The van der Waals surface area contributed by atoms with Crippen LogP contribution in [-0.2, 0) is 0 Å². The van der Waals surface area contributed by atoms with Gasteiger partial charge in [0.2, 0.25) is 0 Å². The molecule has 1 aliphatic heterocycles. The summed E-state index contributed by atoms with van der Waals surface area (Å²) in [7, 11) is 0. The minimum atomic E-state index is -4.19. The molecule has 15 heavy (non-hydrogen) atoms. The van der Waals surface area contributed by atoms with Crippen molar-refractivity contribution >= 4 is 17.2 Å². The van der Waals surface area contributed by atoms with E-state index in [4.69, 9.17) is 0 Å². The number of alkyl halides is 3. The van der Waals surface area contributed by atoms with Gasteiger partial charge in [0.05, 0.1) is 17.6 Å². The summed E-state index contributed by atoms with van der Waals surface area (Å²) >= 11 is 1.13. The number of hydrogen-bond acceptors (Lipinski definition) is 3. The number of aromatic nitrogens is 1. The largest absolute Gasteiger partial charge is 0.395 e. The molecule has 1 aromatic heterocycles. The van der Waals surface area contributed by atoms with Crippen molar-refractivity contribution in [2.75, 3.05) is 13.1 Å². The van der Waals surface area contributed by atoms with E-state index in [9.17, 15) is 18.0 Å². The first kappa shape index (κ1) is 10.4. The Labute approximate surface area is 87.5 Å². The molecule has 3 nitrogen and oxygen atoms in total. The van der Waals surface area contributed by atoms with Crippen LogP contribution in [0.4, 0.5) is 13.2 Å². The van der Waals surface area contributed by atoms with E-state index >= 15 is 0 Å². The van der Waals surface area contributed by atoms with Crippen LogP contribution < -0.4 is 0 Å². The average Bonchev–Trinajstić information content (AvgIpc) is 2.48. The minimum absolute atomic E-state index is 0.236. The fourth-order valence-corrected chi connectivity index (χ4v) is 1.92. The van der Waals surface area contributed by atoms with E-state index in [1.54, 1.807) is 0 Å². The van der Waals surface area contributed by atoms with Crippen LogP contribution in [0.25, 0.3) is 0 Å². The third-order valence-corrected chi connectivity index (χ3v) is 3.04. The van der Waals surface area contributed by atoms with Crippen molar-refractivity contribution in [3.05, 3.63) is 16.6 Å². The SMILES string of the molecule is O=C(c1cncs1)N1CC(C(F)(F)F)C1. The van der Waals surface area contributed by atoms with Crippen LogP contribution in [0.1, 0.15) is 9.67 Å². The Kier molecular flexibility index (Phi) is 2.41. The standard InChI is InChI=1S/C8H7F3N2OS/c9-8(10,11)5-2-13(3-5)7(14)6-1-12-4-15-6/h1,4-5H,2-3H2. The van der Waals surface area contributed by atoms with Gasteiger partial charge >= 0.3 is 6.18 Å². The summed E-state index contributed by atoms with van der Waals surface area (Å²) in [6.45, 7) is -0.472. The van der Waals surface area contributed by atoms with Crippen LogP contribution in [0.2, 0.25) is 0 Å². The molecule has 2 heterocycles. The zero-order valence-corrected chi connectivity index (χ0v) is 8.31. The normalized spacial score (nSPS) is 17.7. The zero-order chi connectivity index (χ0) is 11.1. The van der Waals surface area contributed by atoms with Gasteiger partial charge in [-0.15, -0.1) is 11.3 Å². The quantitative estimate of drug-likeness (QED) is 0.744. The van der Waals surface area contributed by atoms with E-state index in [-0.39, 0.29) is 19.0 Å². The Balaban J connectivity index is 1.93. The topological polar surface area (TPSA) is 33.2 Å². The molecule has 0 aromatic carbocycles. The smallest absolute Gasteiger partial charge is 0.337 e. The van der Waals surface area contributed by atoms with Gasteiger partial charge in [-0.3, -0.25) is 9.78 Å². The number of carbonyl (C=O) groups is 1. The van der Waals surface area contributed by atoms with Crippen LogP contribution in [0.3, 0.4) is 0 Å². The first-order valence-corrected chi connectivity index (χ1v) is 5.11. The van der Waals surface area contributed by atoms with E-state index < -0.39 is 12.1 Å². The Bertz CT molecular complexity index is 356. The number of likely N-dealkylation sites (tertiary alicyclic amines) is 1. The van der Waals surface area contributed by atoms with Gasteiger partial charge in [-0.2, -0.15) is 13.2 Å². The third kappa shape index (κ3) is 1.97. The molecule has 1 fully saturated rings. The van der Waals surface area contributed by atoms with Gasteiger partial charge in [-0.25, -0.2) is 0 Å². The lowest BCUT2D eigenvalue weighted by molar-refractivity contribution is -0.202. The zero-order valence-electron chi connectivity index (χ0n) is 7.49. The van der Waals surface area contributed by atoms with Gasteiger partial charge in [0.1, 0.15) is 4.88 Å². The van der Waals surface area contributed by atoms with Gasteiger partial charge in [0.25, 0.3) is 5.91 Å². The molecule has 0 spiro atoms. The van der Waals surface area contributed by atoms with Crippen molar-refractivity contribution in [2.45, 2.75) is 6.18 Å². The molecule has 2 rings (SSSR count). The molecule has 0 bridgehead atoms. The lowest BCUT2D eigenvalue weighted by Crippen LogP contribution is -2.55. The number of nitrogens with zero attached hydrogens (tertiary/aromatic N) is 2. The molecule has 0 saturated carbocycles. The molecule has 0 radical (unpaired) electrons. The van der Waals surface area contributed by atoms with Gasteiger partial charge < -0.3 is 4.90 Å². The van der Waals surface area contributed by atoms with Crippen molar-refractivity contribution in [2.24, 2.45) is 5.92 Å². The van der Waals surface area contributed by atoms with Crippen molar-refractivity contribution in [1.29, 1.82) is 0 Å². The fourth-order valence-electron chi connectivity index (χ4n) is 1.33. The van der Waals surface area contributed by atoms with Gasteiger partial charge in [0.15, 0.2) is 0 Å². The second-order valence-electron chi connectivity index (χ2n) is 3.31.